The normalized spacial score (nSPS) is 10.1. The number of carbonyl (C=O) groups excluding carboxylic acids is 1. The molecule has 0 bridgehead atoms. The van der Waals surface area contributed by atoms with E-state index < -0.39 is 0 Å². The van der Waals surface area contributed by atoms with Crippen LogP contribution in [-0.2, 0) is 0 Å². The van der Waals surface area contributed by atoms with Crippen LogP contribution in [0, 0.1) is 25.2 Å². The standard InChI is InChI=1S/C14H12ClN3OS/c1-7-8(2)20-14(10(7)6-16)18-13(19)9-3-4-11(15)12(17)5-9/h3-5H,17H2,1-2H3,(H,18,19). The Morgan fingerprint density at radius 1 is 1.45 bits per heavy atom. The Labute approximate surface area is 125 Å². The van der Waals surface area contributed by atoms with Crippen molar-refractivity contribution in [2.45, 2.75) is 13.8 Å². The Hall–Kier alpha value is -2.03. The zero-order chi connectivity index (χ0) is 14.9. The predicted octanol–water partition coefficient (Wildman–Crippen LogP) is 3.72. The number of hydrogen-bond donors (Lipinski definition) is 2. The third-order valence-electron chi connectivity index (χ3n) is 2.98. The molecule has 1 aromatic carbocycles. The zero-order valence-corrected chi connectivity index (χ0v) is 12.5. The molecule has 1 amide bonds. The highest BCUT2D eigenvalue weighted by atomic mass is 35.5. The molecule has 0 saturated carbocycles. The van der Waals surface area contributed by atoms with Gasteiger partial charge < -0.3 is 11.1 Å². The maximum absolute atomic E-state index is 12.2. The molecule has 3 N–H and O–H groups in total. The minimum atomic E-state index is -0.314. The largest absolute Gasteiger partial charge is 0.398 e. The topological polar surface area (TPSA) is 78.9 Å². The minimum absolute atomic E-state index is 0.314. The zero-order valence-electron chi connectivity index (χ0n) is 11.0. The van der Waals surface area contributed by atoms with Gasteiger partial charge in [0.15, 0.2) is 0 Å². The Balaban J connectivity index is 2.30. The Morgan fingerprint density at radius 3 is 2.75 bits per heavy atom. The first-order valence-corrected chi connectivity index (χ1v) is 7.00. The lowest BCUT2D eigenvalue weighted by atomic mass is 10.1. The van der Waals surface area contributed by atoms with Gasteiger partial charge in [-0.05, 0) is 37.6 Å². The van der Waals surface area contributed by atoms with Gasteiger partial charge in [-0.3, -0.25) is 4.79 Å². The molecule has 0 fully saturated rings. The number of aryl methyl sites for hydroxylation is 1. The van der Waals surface area contributed by atoms with Crippen molar-refractivity contribution >= 4 is 39.5 Å². The molecule has 0 spiro atoms. The second-order valence-electron chi connectivity index (χ2n) is 4.29. The van der Waals surface area contributed by atoms with Gasteiger partial charge in [0.1, 0.15) is 11.1 Å². The molecule has 4 nitrogen and oxygen atoms in total. The first-order chi connectivity index (χ1) is 9.43. The van der Waals surface area contributed by atoms with Crippen LogP contribution < -0.4 is 11.1 Å². The second kappa shape index (κ2) is 5.53. The summed E-state index contributed by atoms with van der Waals surface area (Å²) in [4.78, 5) is 13.2. The quantitative estimate of drug-likeness (QED) is 0.830. The molecule has 0 unspecified atom stereocenters. The van der Waals surface area contributed by atoms with Crippen molar-refractivity contribution < 1.29 is 4.79 Å². The number of nitrogens with one attached hydrogen (secondary N) is 1. The maximum Gasteiger partial charge on any atom is 0.256 e. The Morgan fingerprint density at radius 2 is 2.15 bits per heavy atom. The molecule has 2 rings (SSSR count). The summed E-state index contributed by atoms with van der Waals surface area (Å²) in [7, 11) is 0. The molecule has 6 heteroatoms. The lowest BCUT2D eigenvalue weighted by Crippen LogP contribution is -2.12. The lowest BCUT2D eigenvalue weighted by Gasteiger charge is -2.05. The monoisotopic (exact) mass is 305 g/mol. The van der Waals surface area contributed by atoms with Crippen molar-refractivity contribution in [3.63, 3.8) is 0 Å². The third-order valence-corrected chi connectivity index (χ3v) is 4.45. The van der Waals surface area contributed by atoms with E-state index in [1.165, 1.54) is 17.4 Å². The molecule has 0 atom stereocenters. The Bertz CT molecular complexity index is 731. The summed E-state index contributed by atoms with van der Waals surface area (Å²) >= 11 is 7.20. The van der Waals surface area contributed by atoms with Crippen molar-refractivity contribution in [2.75, 3.05) is 11.1 Å². The second-order valence-corrected chi connectivity index (χ2v) is 5.92. The van der Waals surface area contributed by atoms with E-state index in [1.54, 1.807) is 12.1 Å². The average molecular weight is 306 g/mol. The fraction of sp³-hybridized carbons (Fsp3) is 0.143. The van der Waals surface area contributed by atoms with Gasteiger partial charge in [-0.25, -0.2) is 0 Å². The molecule has 2 aromatic rings. The smallest absolute Gasteiger partial charge is 0.256 e. The van der Waals surface area contributed by atoms with Gasteiger partial charge in [-0.2, -0.15) is 5.26 Å². The number of hydrogen-bond acceptors (Lipinski definition) is 4. The number of rotatable bonds is 2. The number of nitrogens with two attached hydrogens (primary N) is 1. The van der Waals surface area contributed by atoms with Gasteiger partial charge in [-0.15, -0.1) is 11.3 Å². The minimum Gasteiger partial charge on any atom is -0.398 e. The van der Waals surface area contributed by atoms with E-state index >= 15 is 0 Å². The fourth-order valence-electron chi connectivity index (χ4n) is 1.71. The van der Waals surface area contributed by atoms with E-state index in [4.69, 9.17) is 22.6 Å². The molecular weight excluding hydrogens is 294 g/mol. The van der Waals surface area contributed by atoms with Crippen molar-refractivity contribution in [2.24, 2.45) is 0 Å². The van der Waals surface area contributed by atoms with Gasteiger partial charge in [0, 0.05) is 10.4 Å². The van der Waals surface area contributed by atoms with Crippen LogP contribution in [0.1, 0.15) is 26.4 Å². The SMILES string of the molecule is Cc1sc(NC(=O)c2ccc(Cl)c(N)c2)c(C#N)c1C. The van der Waals surface area contributed by atoms with Crippen LogP contribution in [0.25, 0.3) is 0 Å². The Kier molecular flexibility index (Phi) is 3.98. The molecule has 0 aliphatic heterocycles. The van der Waals surface area contributed by atoms with Crippen LogP contribution in [0.2, 0.25) is 5.02 Å². The van der Waals surface area contributed by atoms with Crippen LogP contribution >= 0.6 is 22.9 Å². The third kappa shape index (κ3) is 2.62. The summed E-state index contributed by atoms with van der Waals surface area (Å²) in [5, 5.41) is 12.9. The number of amides is 1. The summed E-state index contributed by atoms with van der Waals surface area (Å²) < 4.78 is 0. The van der Waals surface area contributed by atoms with Crippen molar-refractivity contribution in [3.05, 3.63) is 44.8 Å². The molecule has 0 saturated heterocycles. The highest BCUT2D eigenvalue weighted by molar-refractivity contribution is 7.16. The molecule has 1 aromatic heterocycles. The number of nitriles is 1. The molecular formula is C14H12ClN3OS. The van der Waals surface area contributed by atoms with E-state index in [0.29, 0.717) is 26.8 Å². The molecule has 20 heavy (non-hydrogen) atoms. The fourth-order valence-corrected chi connectivity index (χ4v) is 2.83. The average Bonchev–Trinajstić information content (AvgIpc) is 2.67. The van der Waals surface area contributed by atoms with Gasteiger partial charge in [-0.1, -0.05) is 11.6 Å². The van der Waals surface area contributed by atoms with Gasteiger partial charge in [0.2, 0.25) is 0 Å². The van der Waals surface area contributed by atoms with Gasteiger partial charge in [0.05, 0.1) is 16.3 Å². The van der Waals surface area contributed by atoms with Crippen LogP contribution in [0.4, 0.5) is 10.7 Å². The highest BCUT2D eigenvalue weighted by Crippen LogP contribution is 2.32. The number of carbonyl (C=O) groups is 1. The van der Waals surface area contributed by atoms with E-state index in [1.807, 2.05) is 13.8 Å². The van der Waals surface area contributed by atoms with E-state index in [-0.39, 0.29) is 5.91 Å². The molecule has 0 radical (unpaired) electrons. The summed E-state index contributed by atoms with van der Waals surface area (Å²) in [6, 6.07) is 6.78. The van der Waals surface area contributed by atoms with Crippen LogP contribution in [0.3, 0.4) is 0 Å². The van der Waals surface area contributed by atoms with Crippen molar-refractivity contribution in [3.8, 4) is 6.07 Å². The van der Waals surface area contributed by atoms with E-state index in [9.17, 15) is 4.79 Å². The number of halogens is 1. The summed E-state index contributed by atoms with van der Waals surface area (Å²) in [6.45, 7) is 3.77. The summed E-state index contributed by atoms with van der Waals surface area (Å²) in [6.07, 6.45) is 0. The first-order valence-electron chi connectivity index (χ1n) is 5.80. The predicted molar refractivity (Wildman–Crippen MR) is 82.3 cm³/mol. The molecule has 102 valence electrons. The maximum atomic E-state index is 12.2. The number of benzene rings is 1. The summed E-state index contributed by atoms with van der Waals surface area (Å²) in [5.74, 6) is -0.314. The van der Waals surface area contributed by atoms with Crippen molar-refractivity contribution in [1.82, 2.24) is 0 Å². The molecule has 0 aliphatic carbocycles. The number of nitrogens with zero attached hydrogens (tertiary/aromatic N) is 1. The van der Waals surface area contributed by atoms with E-state index in [2.05, 4.69) is 11.4 Å². The van der Waals surface area contributed by atoms with Crippen LogP contribution in [0.15, 0.2) is 18.2 Å². The van der Waals surface area contributed by atoms with Crippen LogP contribution in [0.5, 0.6) is 0 Å². The highest BCUT2D eigenvalue weighted by Gasteiger charge is 2.15. The first kappa shape index (κ1) is 14.4. The van der Waals surface area contributed by atoms with E-state index in [0.717, 1.165) is 10.4 Å². The molecule has 0 aliphatic rings. The lowest BCUT2D eigenvalue weighted by molar-refractivity contribution is 0.102. The van der Waals surface area contributed by atoms with Gasteiger partial charge >= 0.3 is 0 Å². The number of thiophene rings is 1. The molecule has 1 heterocycles. The van der Waals surface area contributed by atoms with Crippen LogP contribution in [-0.4, -0.2) is 5.91 Å². The van der Waals surface area contributed by atoms with Gasteiger partial charge in [0.25, 0.3) is 5.91 Å². The van der Waals surface area contributed by atoms with Crippen molar-refractivity contribution in [1.29, 1.82) is 5.26 Å². The number of anilines is 2. The summed E-state index contributed by atoms with van der Waals surface area (Å²) in [5.41, 5.74) is 7.82. The number of nitrogen functional groups attached to an aromatic ring is 1.